The molecule has 5 rings (SSSR count). The number of para-hydroxylation sites is 1. The Morgan fingerprint density at radius 1 is 0.969 bits per heavy atom. The number of benzene rings is 3. The number of carbonyl (C=O) groups is 1. The van der Waals surface area contributed by atoms with E-state index in [1.807, 2.05) is 77.2 Å². The van der Waals surface area contributed by atoms with Crippen LogP contribution in [0.25, 0.3) is 5.69 Å². The van der Waals surface area contributed by atoms with Gasteiger partial charge in [-0.25, -0.2) is 5.01 Å². The maximum absolute atomic E-state index is 11.4. The van der Waals surface area contributed by atoms with Crippen LogP contribution in [-0.4, -0.2) is 26.4 Å². The number of aryl methyl sites for hydroxylation is 1. The first-order chi connectivity index (χ1) is 15.5. The maximum atomic E-state index is 11.4. The fourth-order valence-electron chi connectivity index (χ4n) is 3.76. The highest BCUT2D eigenvalue weighted by atomic mass is 35.5. The highest BCUT2D eigenvalue weighted by Crippen LogP contribution is 2.30. The molecule has 0 saturated carbocycles. The second-order valence-corrected chi connectivity index (χ2v) is 7.91. The molecule has 8 heteroatoms. The van der Waals surface area contributed by atoms with E-state index in [-0.39, 0.29) is 0 Å². The van der Waals surface area contributed by atoms with Crippen LogP contribution in [0.3, 0.4) is 0 Å². The first kappa shape index (κ1) is 20.0. The van der Waals surface area contributed by atoms with E-state index in [0.717, 1.165) is 33.9 Å². The molecule has 1 amide bonds. The molecule has 0 spiro atoms. The Balaban J connectivity index is 1.67. The molecular weight excluding hydrogens is 424 g/mol. The predicted octanol–water partition coefficient (Wildman–Crippen LogP) is 4.10. The minimum Gasteiger partial charge on any atom is -0.366 e. The fourth-order valence-corrected chi connectivity index (χ4v) is 3.89. The number of primary amides is 1. The SMILES string of the molecule is Cc1nnc2n1-c1ccccc1C(c1ccc(Cl)cc1)=NN2Cc1ccc(C(N)=O)cc1. The lowest BCUT2D eigenvalue weighted by molar-refractivity contribution is 0.100. The number of nitrogens with zero attached hydrogens (tertiary/aromatic N) is 5. The van der Waals surface area contributed by atoms with Crippen LogP contribution in [0.4, 0.5) is 5.95 Å². The van der Waals surface area contributed by atoms with Gasteiger partial charge in [0.2, 0.25) is 5.91 Å². The largest absolute Gasteiger partial charge is 0.366 e. The lowest BCUT2D eigenvalue weighted by atomic mass is 10.0. The Bertz CT molecular complexity index is 1340. The predicted molar refractivity (Wildman–Crippen MR) is 124 cm³/mol. The third-order valence-corrected chi connectivity index (χ3v) is 5.60. The summed E-state index contributed by atoms with van der Waals surface area (Å²) in [6, 6.07) is 22.8. The number of hydrogen-bond acceptors (Lipinski definition) is 5. The highest BCUT2D eigenvalue weighted by Gasteiger charge is 2.26. The molecule has 1 aliphatic heterocycles. The number of amides is 1. The van der Waals surface area contributed by atoms with Gasteiger partial charge in [0.15, 0.2) is 0 Å². The van der Waals surface area contributed by atoms with E-state index in [0.29, 0.717) is 23.1 Å². The molecule has 0 atom stereocenters. The van der Waals surface area contributed by atoms with Gasteiger partial charge in [-0.05, 0) is 42.8 Å². The zero-order valence-electron chi connectivity index (χ0n) is 17.2. The standard InChI is InChI=1S/C24H19ClN6O/c1-15-27-28-24-30(14-16-6-8-18(9-7-16)23(26)32)29-22(17-10-12-19(25)13-11-17)20-4-2-3-5-21(20)31(15)24/h2-13H,14H2,1H3,(H2,26,32). The van der Waals surface area contributed by atoms with Crippen molar-refractivity contribution in [1.82, 2.24) is 14.8 Å². The second-order valence-electron chi connectivity index (χ2n) is 7.47. The minimum atomic E-state index is -0.458. The van der Waals surface area contributed by atoms with E-state index in [2.05, 4.69) is 10.2 Å². The van der Waals surface area contributed by atoms with Gasteiger partial charge in [0.1, 0.15) is 11.5 Å². The average Bonchev–Trinajstić information content (AvgIpc) is 3.12. The summed E-state index contributed by atoms with van der Waals surface area (Å²) in [5, 5.41) is 16.2. The number of carbonyl (C=O) groups excluding carboxylic acids is 1. The molecule has 0 fully saturated rings. The van der Waals surface area contributed by atoms with Gasteiger partial charge < -0.3 is 5.73 Å². The van der Waals surface area contributed by atoms with Gasteiger partial charge >= 0.3 is 0 Å². The van der Waals surface area contributed by atoms with Crippen molar-refractivity contribution >= 4 is 29.2 Å². The van der Waals surface area contributed by atoms with Crippen molar-refractivity contribution in [2.45, 2.75) is 13.5 Å². The Morgan fingerprint density at radius 2 is 1.69 bits per heavy atom. The molecule has 4 aromatic rings. The summed E-state index contributed by atoms with van der Waals surface area (Å²) < 4.78 is 2.00. The molecule has 0 saturated heterocycles. The Morgan fingerprint density at radius 3 is 2.41 bits per heavy atom. The van der Waals surface area contributed by atoms with Crippen LogP contribution >= 0.6 is 11.6 Å². The molecule has 0 radical (unpaired) electrons. The molecule has 32 heavy (non-hydrogen) atoms. The number of hydrazone groups is 1. The Hall–Kier alpha value is -3.97. The van der Waals surface area contributed by atoms with Gasteiger partial charge in [-0.15, -0.1) is 10.2 Å². The Kier molecular flexibility index (Phi) is 4.95. The van der Waals surface area contributed by atoms with E-state index in [1.165, 1.54) is 0 Å². The summed E-state index contributed by atoms with van der Waals surface area (Å²) in [6.45, 7) is 2.35. The second kappa shape index (κ2) is 7.94. The zero-order valence-corrected chi connectivity index (χ0v) is 18.0. The summed E-state index contributed by atoms with van der Waals surface area (Å²) in [5.41, 5.74) is 10.4. The van der Waals surface area contributed by atoms with Gasteiger partial charge in [0, 0.05) is 21.7 Å². The number of anilines is 1. The zero-order chi connectivity index (χ0) is 22.2. The van der Waals surface area contributed by atoms with Crippen LogP contribution in [0.15, 0.2) is 77.9 Å². The lowest BCUT2D eigenvalue weighted by Gasteiger charge is -2.18. The molecule has 0 aliphatic carbocycles. The van der Waals surface area contributed by atoms with Gasteiger partial charge in [0.05, 0.1) is 12.2 Å². The Labute approximate surface area is 189 Å². The van der Waals surface area contributed by atoms with E-state index in [1.54, 1.807) is 12.1 Å². The summed E-state index contributed by atoms with van der Waals surface area (Å²) >= 11 is 6.12. The molecular formula is C24H19ClN6O. The highest BCUT2D eigenvalue weighted by molar-refractivity contribution is 6.30. The minimum absolute atomic E-state index is 0.433. The van der Waals surface area contributed by atoms with Crippen LogP contribution in [0.1, 0.15) is 32.9 Å². The summed E-state index contributed by atoms with van der Waals surface area (Å²) in [5.74, 6) is 0.909. The van der Waals surface area contributed by atoms with E-state index >= 15 is 0 Å². The number of halogens is 1. The van der Waals surface area contributed by atoms with Gasteiger partial charge in [0.25, 0.3) is 5.95 Å². The number of hydrogen-bond donors (Lipinski definition) is 1. The summed E-state index contributed by atoms with van der Waals surface area (Å²) in [7, 11) is 0. The van der Waals surface area contributed by atoms with Crippen LogP contribution in [-0.2, 0) is 6.54 Å². The topological polar surface area (TPSA) is 89.4 Å². The van der Waals surface area contributed by atoms with Crippen molar-refractivity contribution in [2.24, 2.45) is 10.8 Å². The smallest absolute Gasteiger partial charge is 0.252 e. The van der Waals surface area contributed by atoms with E-state index < -0.39 is 5.91 Å². The van der Waals surface area contributed by atoms with Crippen molar-refractivity contribution < 1.29 is 4.79 Å². The first-order valence-corrected chi connectivity index (χ1v) is 10.4. The quantitative estimate of drug-likeness (QED) is 0.515. The lowest BCUT2D eigenvalue weighted by Crippen LogP contribution is -2.20. The third-order valence-electron chi connectivity index (χ3n) is 5.35. The molecule has 1 aliphatic rings. The summed E-state index contributed by atoms with van der Waals surface area (Å²) in [4.78, 5) is 11.4. The van der Waals surface area contributed by atoms with Crippen molar-refractivity contribution in [3.05, 3.63) is 106 Å². The molecule has 0 bridgehead atoms. The summed E-state index contributed by atoms with van der Waals surface area (Å²) in [6.07, 6.45) is 0. The number of nitrogens with two attached hydrogens (primary N) is 1. The van der Waals surface area contributed by atoms with Crippen molar-refractivity contribution in [3.63, 3.8) is 0 Å². The number of rotatable bonds is 4. The normalized spacial score (nSPS) is 12.6. The van der Waals surface area contributed by atoms with Crippen LogP contribution in [0.5, 0.6) is 0 Å². The van der Waals surface area contributed by atoms with E-state index in [9.17, 15) is 4.79 Å². The monoisotopic (exact) mass is 442 g/mol. The van der Waals surface area contributed by atoms with Gasteiger partial charge in [-0.3, -0.25) is 9.36 Å². The van der Waals surface area contributed by atoms with Gasteiger partial charge in [-0.2, -0.15) is 5.10 Å². The first-order valence-electron chi connectivity index (χ1n) is 10.0. The van der Waals surface area contributed by atoms with Crippen LogP contribution < -0.4 is 10.7 Å². The van der Waals surface area contributed by atoms with Gasteiger partial charge in [-0.1, -0.05) is 54.1 Å². The van der Waals surface area contributed by atoms with Crippen LogP contribution in [0.2, 0.25) is 5.02 Å². The number of fused-ring (bicyclic) bond motifs is 3. The maximum Gasteiger partial charge on any atom is 0.252 e. The number of aromatic nitrogens is 3. The molecule has 2 N–H and O–H groups in total. The van der Waals surface area contributed by atoms with Crippen LogP contribution in [0, 0.1) is 6.92 Å². The average molecular weight is 443 g/mol. The molecule has 2 heterocycles. The third kappa shape index (κ3) is 3.52. The van der Waals surface area contributed by atoms with Crippen molar-refractivity contribution in [1.29, 1.82) is 0 Å². The molecule has 7 nitrogen and oxygen atoms in total. The molecule has 0 unspecified atom stereocenters. The molecule has 1 aromatic heterocycles. The van der Waals surface area contributed by atoms with E-state index in [4.69, 9.17) is 22.4 Å². The van der Waals surface area contributed by atoms with Crippen molar-refractivity contribution in [2.75, 3.05) is 5.01 Å². The fraction of sp³-hybridized carbons (Fsp3) is 0.0833. The molecule has 158 valence electrons. The van der Waals surface area contributed by atoms with Crippen molar-refractivity contribution in [3.8, 4) is 5.69 Å². The molecule has 3 aromatic carbocycles.